The Morgan fingerprint density at radius 2 is 2.14 bits per heavy atom. The average molecular weight is 288 g/mol. The van der Waals surface area contributed by atoms with Crippen molar-refractivity contribution >= 4 is 17.6 Å². The fourth-order valence-electron chi connectivity index (χ4n) is 3.34. The number of piperidine rings is 1. The molecule has 0 saturated carbocycles. The van der Waals surface area contributed by atoms with Crippen LogP contribution in [0.2, 0.25) is 0 Å². The molecule has 0 aliphatic carbocycles. The Hall–Kier alpha value is -1.88. The highest BCUT2D eigenvalue weighted by atomic mass is 16.4. The summed E-state index contributed by atoms with van der Waals surface area (Å²) in [6.45, 7) is 1.86. The number of carbonyl (C=O) groups excluding carboxylic acids is 1. The average Bonchev–Trinajstić information content (AvgIpc) is 2.88. The second-order valence-electron chi connectivity index (χ2n) is 5.87. The van der Waals surface area contributed by atoms with Crippen LogP contribution in [0.1, 0.15) is 24.8 Å². The number of fused-ring (bicyclic) bond motifs is 1. The van der Waals surface area contributed by atoms with Gasteiger partial charge in [-0.3, -0.25) is 9.69 Å². The van der Waals surface area contributed by atoms with Crippen LogP contribution < -0.4 is 10.2 Å². The minimum absolute atomic E-state index is 0.0685. The van der Waals surface area contributed by atoms with Gasteiger partial charge in [-0.15, -0.1) is 0 Å². The van der Waals surface area contributed by atoms with E-state index in [1.807, 2.05) is 24.3 Å². The van der Waals surface area contributed by atoms with E-state index >= 15 is 0 Å². The van der Waals surface area contributed by atoms with Gasteiger partial charge in [-0.1, -0.05) is 18.2 Å². The quantitative estimate of drug-likeness (QED) is 0.882. The number of anilines is 1. The highest BCUT2D eigenvalue weighted by Crippen LogP contribution is 2.33. The third-order valence-corrected chi connectivity index (χ3v) is 4.39. The third kappa shape index (κ3) is 2.78. The smallest absolute Gasteiger partial charge is 0.327 e. The van der Waals surface area contributed by atoms with Gasteiger partial charge in [0, 0.05) is 18.5 Å². The Kier molecular flexibility index (Phi) is 3.92. The first-order valence-electron chi connectivity index (χ1n) is 7.50. The summed E-state index contributed by atoms with van der Waals surface area (Å²) in [5.41, 5.74) is 1.71. The first kappa shape index (κ1) is 14.1. The second-order valence-corrected chi connectivity index (χ2v) is 5.87. The number of para-hydroxylation sites is 1. The third-order valence-electron chi connectivity index (χ3n) is 4.39. The minimum Gasteiger partial charge on any atom is -0.480 e. The molecule has 112 valence electrons. The van der Waals surface area contributed by atoms with Crippen molar-refractivity contribution < 1.29 is 14.7 Å². The molecule has 2 aliphatic rings. The molecule has 1 aromatic carbocycles. The summed E-state index contributed by atoms with van der Waals surface area (Å²) in [4.78, 5) is 25.6. The zero-order valence-corrected chi connectivity index (χ0v) is 11.9. The van der Waals surface area contributed by atoms with Crippen molar-refractivity contribution in [3.8, 4) is 0 Å². The Labute approximate surface area is 123 Å². The maximum Gasteiger partial charge on any atom is 0.327 e. The van der Waals surface area contributed by atoms with E-state index in [4.69, 9.17) is 0 Å². The molecular weight excluding hydrogens is 268 g/mol. The molecule has 5 heteroatoms. The molecule has 1 saturated heterocycles. The van der Waals surface area contributed by atoms with E-state index < -0.39 is 12.0 Å². The number of hydrogen-bond donors (Lipinski definition) is 2. The van der Waals surface area contributed by atoms with Crippen molar-refractivity contribution in [1.29, 1.82) is 0 Å². The van der Waals surface area contributed by atoms with Gasteiger partial charge in [-0.05, 0) is 43.5 Å². The molecule has 3 rings (SSSR count). The Morgan fingerprint density at radius 1 is 1.33 bits per heavy atom. The van der Waals surface area contributed by atoms with Gasteiger partial charge in [-0.25, -0.2) is 4.79 Å². The monoisotopic (exact) mass is 288 g/mol. The van der Waals surface area contributed by atoms with Gasteiger partial charge in [0.25, 0.3) is 0 Å². The highest BCUT2D eigenvalue weighted by molar-refractivity contribution is 6.02. The first-order valence-corrected chi connectivity index (χ1v) is 7.50. The number of carboxylic acid groups (broad SMARTS) is 1. The number of rotatable bonds is 3. The largest absolute Gasteiger partial charge is 0.480 e. The molecule has 5 nitrogen and oxygen atoms in total. The highest BCUT2D eigenvalue weighted by Gasteiger charge is 2.38. The van der Waals surface area contributed by atoms with Crippen LogP contribution in [-0.2, 0) is 16.0 Å². The lowest BCUT2D eigenvalue weighted by Crippen LogP contribution is -2.44. The standard InChI is InChI=1S/C16H20N2O3/c19-15(8-11-4-3-7-17-10-11)18-13-6-2-1-5-12(13)9-14(18)16(20)21/h1-2,5-6,11,14,17H,3-4,7-10H2,(H,20,21)/t11?,14-/m0/s1. The number of carbonyl (C=O) groups is 2. The molecule has 2 N–H and O–H groups in total. The van der Waals surface area contributed by atoms with Crippen molar-refractivity contribution in [2.75, 3.05) is 18.0 Å². The van der Waals surface area contributed by atoms with Gasteiger partial charge < -0.3 is 10.4 Å². The number of benzene rings is 1. The van der Waals surface area contributed by atoms with Gasteiger partial charge in [0.15, 0.2) is 0 Å². The number of amides is 1. The molecule has 0 bridgehead atoms. The predicted octanol–water partition coefficient (Wildman–Crippen LogP) is 1.42. The summed E-state index contributed by atoms with van der Waals surface area (Å²) in [5.74, 6) is -0.684. The molecule has 1 fully saturated rings. The fourth-order valence-corrected chi connectivity index (χ4v) is 3.34. The molecule has 2 atom stereocenters. The van der Waals surface area contributed by atoms with Crippen LogP contribution >= 0.6 is 0 Å². The molecular formula is C16H20N2O3. The lowest BCUT2D eigenvalue weighted by Gasteiger charge is -2.27. The molecule has 2 aliphatic heterocycles. The van der Waals surface area contributed by atoms with E-state index in [0.717, 1.165) is 37.2 Å². The normalized spacial score (nSPS) is 24.7. The van der Waals surface area contributed by atoms with Crippen LogP contribution in [0.5, 0.6) is 0 Å². The second kappa shape index (κ2) is 5.85. The van der Waals surface area contributed by atoms with Crippen molar-refractivity contribution in [3.05, 3.63) is 29.8 Å². The van der Waals surface area contributed by atoms with Crippen LogP contribution in [0.4, 0.5) is 5.69 Å². The number of nitrogens with zero attached hydrogens (tertiary/aromatic N) is 1. The van der Waals surface area contributed by atoms with E-state index in [1.54, 1.807) is 0 Å². The van der Waals surface area contributed by atoms with Crippen LogP contribution in [0.25, 0.3) is 0 Å². The van der Waals surface area contributed by atoms with Gasteiger partial charge >= 0.3 is 5.97 Å². The SMILES string of the molecule is O=C(O)[C@@H]1Cc2ccccc2N1C(=O)CC1CCCNC1. The van der Waals surface area contributed by atoms with Crippen molar-refractivity contribution in [2.24, 2.45) is 5.92 Å². The van der Waals surface area contributed by atoms with Gasteiger partial charge in [0.1, 0.15) is 6.04 Å². The molecule has 0 radical (unpaired) electrons. The number of aliphatic carboxylic acids is 1. The predicted molar refractivity (Wildman–Crippen MR) is 79.3 cm³/mol. The number of carboxylic acids is 1. The zero-order chi connectivity index (χ0) is 14.8. The molecule has 21 heavy (non-hydrogen) atoms. The fraction of sp³-hybridized carbons (Fsp3) is 0.500. The van der Waals surface area contributed by atoms with E-state index in [-0.39, 0.29) is 5.91 Å². The summed E-state index contributed by atoms with van der Waals surface area (Å²) in [6, 6.07) is 6.73. The summed E-state index contributed by atoms with van der Waals surface area (Å²) < 4.78 is 0. The topological polar surface area (TPSA) is 69.6 Å². The molecule has 2 heterocycles. The van der Waals surface area contributed by atoms with E-state index in [9.17, 15) is 14.7 Å². The number of hydrogen-bond acceptors (Lipinski definition) is 3. The lowest BCUT2D eigenvalue weighted by molar-refractivity contribution is -0.140. The van der Waals surface area contributed by atoms with Gasteiger partial charge in [0.2, 0.25) is 5.91 Å². The van der Waals surface area contributed by atoms with Gasteiger partial charge in [-0.2, -0.15) is 0 Å². The van der Waals surface area contributed by atoms with Crippen LogP contribution in [0.15, 0.2) is 24.3 Å². The Morgan fingerprint density at radius 3 is 2.86 bits per heavy atom. The molecule has 1 aromatic rings. The van der Waals surface area contributed by atoms with Crippen LogP contribution in [0.3, 0.4) is 0 Å². The van der Waals surface area contributed by atoms with Gasteiger partial charge in [0.05, 0.1) is 0 Å². The van der Waals surface area contributed by atoms with E-state index in [2.05, 4.69) is 5.32 Å². The van der Waals surface area contributed by atoms with E-state index in [0.29, 0.717) is 18.8 Å². The van der Waals surface area contributed by atoms with Crippen LogP contribution in [0, 0.1) is 5.92 Å². The lowest BCUT2D eigenvalue weighted by atomic mass is 9.95. The summed E-state index contributed by atoms with van der Waals surface area (Å²) in [7, 11) is 0. The molecule has 0 spiro atoms. The summed E-state index contributed by atoms with van der Waals surface area (Å²) in [6.07, 6.45) is 2.94. The Balaban J connectivity index is 1.80. The Bertz CT molecular complexity index is 552. The number of nitrogens with one attached hydrogen (secondary N) is 1. The van der Waals surface area contributed by atoms with E-state index in [1.165, 1.54) is 4.90 Å². The van der Waals surface area contributed by atoms with Crippen molar-refractivity contribution in [2.45, 2.75) is 31.7 Å². The van der Waals surface area contributed by atoms with Crippen LogP contribution in [-0.4, -0.2) is 36.1 Å². The molecule has 0 aromatic heterocycles. The van der Waals surface area contributed by atoms with Crippen molar-refractivity contribution in [1.82, 2.24) is 5.32 Å². The maximum absolute atomic E-state index is 12.6. The molecule has 1 unspecified atom stereocenters. The molecule has 1 amide bonds. The van der Waals surface area contributed by atoms with Crippen molar-refractivity contribution in [3.63, 3.8) is 0 Å². The summed E-state index contributed by atoms with van der Waals surface area (Å²) in [5, 5.41) is 12.7. The summed E-state index contributed by atoms with van der Waals surface area (Å²) >= 11 is 0. The minimum atomic E-state index is -0.929. The zero-order valence-electron chi connectivity index (χ0n) is 11.9. The maximum atomic E-state index is 12.6. The first-order chi connectivity index (χ1) is 10.2.